The van der Waals surface area contributed by atoms with Gasteiger partial charge in [0.2, 0.25) is 5.91 Å². The summed E-state index contributed by atoms with van der Waals surface area (Å²) in [5, 5.41) is 0. The number of likely N-dealkylation sites (tertiary alicyclic amines) is 1. The number of benzene rings is 1. The fraction of sp³-hybridized carbons (Fsp3) is 0.429. The quantitative estimate of drug-likeness (QED) is 0.865. The molecule has 0 saturated carbocycles. The number of amides is 1. The van der Waals surface area contributed by atoms with Crippen LogP contribution in [0.15, 0.2) is 48.8 Å². The highest BCUT2D eigenvalue weighted by Crippen LogP contribution is 2.24. The zero-order chi connectivity index (χ0) is 17.1. The first-order valence-electron chi connectivity index (χ1n) is 9.26. The fourth-order valence-electron chi connectivity index (χ4n) is 4.09. The van der Waals surface area contributed by atoms with Crippen molar-refractivity contribution in [3.8, 4) is 0 Å². The van der Waals surface area contributed by atoms with E-state index in [2.05, 4.69) is 51.2 Å². The van der Waals surface area contributed by atoms with Crippen LogP contribution in [0.4, 0.5) is 0 Å². The van der Waals surface area contributed by atoms with Crippen LogP contribution in [0.25, 0.3) is 0 Å². The van der Waals surface area contributed by atoms with Crippen LogP contribution in [0.1, 0.15) is 29.5 Å². The molecule has 0 spiro atoms. The van der Waals surface area contributed by atoms with Crippen LogP contribution in [0.5, 0.6) is 0 Å². The number of rotatable bonds is 3. The van der Waals surface area contributed by atoms with E-state index in [0.717, 1.165) is 52.0 Å². The molecule has 2 aromatic rings. The highest BCUT2D eigenvalue weighted by molar-refractivity contribution is 5.79. The minimum Gasteiger partial charge on any atom is -0.338 e. The maximum atomic E-state index is 13.1. The molecule has 1 aromatic carbocycles. The minimum absolute atomic E-state index is 0.140. The van der Waals surface area contributed by atoms with E-state index >= 15 is 0 Å². The zero-order valence-electron chi connectivity index (χ0n) is 14.6. The van der Waals surface area contributed by atoms with Gasteiger partial charge >= 0.3 is 0 Å². The van der Waals surface area contributed by atoms with Gasteiger partial charge in [0.1, 0.15) is 0 Å². The van der Waals surface area contributed by atoms with Gasteiger partial charge < -0.3 is 4.90 Å². The zero-order valence-corrected chi connectivity index (χ0v) is 14.6. The van der Waals surface area contributed by atoms with Gasteiger partial charge in [-0.15, -0.1) is 0 Å². The molecule has 2 aliphatic heterocycles. The summed E-state index contributed by atoms with van der Waals surface area (Å²) >= 11 is 0. The topological polar surface area (TPSA) is 36.4 Å². The van der Waals surface area contributed by atoms with E-state index in [0.29, 0.717) is 5.91 Å². The lowest BCUT2D eigenvalue weighted by Gasteiger charge is -2.36. The molecule has 0 unspecified atom stereocenters. The monoisotopic (exact) mass is 335 g/mol. The van der Waals surface area contributed by atoms with Crippen molar-refractivity contribution >= 4 is 5.91 Å². The Hall–Kier alpha value is -2.20. The van der Waals surface area contributed by atoms with E-state index in [9.17, 15) is 4.79 Å². The molecular formula is C21H25N3O. The van der Waals surface area contributed by atoms with Crippen LogP contribution in [0.2, 0.25) is 0 Å². The molecule has 1 atom stereocenters. The third-order valence-corrected chi connectivity index (χ3v) is 5.45. The molecule has 25 heavy (non-hydrogen) atoms. The first-order chi connectivity index (χ1) is 12.3. The van der Waals surface area contributed by atoms with Crippen molar-refractivity contribution in [2.45, 2.75) is 32.4 Å². The van der Waals surface area contributed by atoms with Crippen molar-refractivity contribution < 1.29 is 4.79 Å². The van der Waals surface area contributed by atoms with Crippen molar-refractivity contribution in [3.05, 3.63) is 65.5 Å². The van der Waals surface area contributed by atoms with E-state index in [4.69, 9.17) is 0 Å². The highest BCUT2D eigenvalue weighted by atomic mass is 16.2. The first-order valence-corrected chi connectivity index (χ1v) is 9.26. The summed E-state index contributed by atoms with van der Waals surface area (Å²) in [6, 6.07) is 12.6. The average Bonchev–Trinajstić information content (AvgIpc) is 2.68. The smallest absolute Gasteiger partial charge is 0.227 e. The van der Waals surface area contributed by atoms with Gasteiger partial charge in [-0.3, -0.25) is 14.7 Å². The van der Waals surface area contributed by atoms with Gasteiger partial charge in [0, 0.05) is 38.6 Å². The van der Waals surface area contributed by atoms with Crippen molar-refractivity contribution in [1.29, 1.82) is 0 Å². The van der Waals surface area contributed by atoms with Crippen molar-refractivity contribution in [2.75, 3.05) is 19.6 Å². The van der Waals surface area contributed by atoms with Gasteiger partial charge in [0.05, 0.1) is 5.92 Å². The first kappa shape index (κ1) is 16.3. The molecule has 4 rings (SSSR count). The van der Waals surface area contributed by atoms with Crippen molar-refractivity contribution in [1.82, 2.24) is 14.8 Å². The fourth-order valence-corrected chi connectivity index (χ4v) is 4.09. The summed E-state index contributed by atoms with van der Waals surface area (Å²) < 4.78 is 0. The summed E-state index contributed by atoms with van der Waals surface area (Å²) in [5.74, 6) is 0.481. The number of piperidine rings is 1. The highest BCUT2D eigenvalue weighted by Gasteiger charge is 2.30. The molecule has 2 aliphatic rings. The van der Waals surface area contributed by atoms with Gasteiger partial charge in [-0.2, -0.15) is 0 Å². The second kappa shape index (κ2) is 7.36. The second-order valence-corrected chi connectivity index (χ2v) is 7.21. The third kappa shape index (κ3) is 3.74. The Morgan fingerprint density at radius 1 is 1.08 bits per heavy atom. The van der Waals surface area contributed by atoms with Gasteiger partial charge in [0.25, 0.3) is 0 Å². The van der Waals surface area contributed by atoms with E-state index in [-0.39, 0.29) is 5.92 Å². The number of carbonyl (C=O) groups is 1. The third-order valence-electron chi connectivity index (χ3n) is 5.45. The summed E-state index contributed by atoms with van der Waals surface area (Å²) in [4.78, 5) is 21.6. The Kier molecular flexibility index (Phi) is 4.79. The average molecular weight is 335 g/mol. The van der Waals surface area contributed by atoms with Crippen LogP contribution in [0, 0.1) is 5.92 Å². The van der Waals surface area contributed by atoms with E-state index in [1.807, 2.05) is 12.4 Å². The summed E-state index contributed by atoms with van der Waals surface area (Å²) in [5.41, 5.74) is 3.98. The van der Waals surface area contributed by atoms with Crippen molar-refractivity contribution in [3.63, 3.8) is 0 Å². The maximum Gasteiger partial charge on any atom is 0.227 e. The van der Waals surface area contributed by atoms with Crippen LogP contribution >= 0.6 is 0 Å². The Labute approximate surface area is 149 Å². The Balaban J connectivity index is 1.39. The van der Waals surface area contributed by atoms with Crippen LogP contribution in [-0.4, -0.2) is 40.3 Å². The number of aromatic nitrogens is 1. The summed E-state index contributed by atoms with van der Waals surface area (Å²) in [6.07, 6.45) is 6.78. The Morgan fingerprint density at radius 2 is 1.88 bits per heavy atom. The molecule has 4 heteroatoms. The molecule has 0 aliphatic carbocycles. The molecule has 1 amide bonds. The number of hydrogen-bond acceptors (Lipinski definition) is 3. The number of pyridine rings is 1. The molecule has 1 fully saturated rings. The van der Waals surface area contributed by atoms with Crippen LogP contribution in [0.3, 0.4) is 0 Å². The predicted molar refractivity (Wildman–Crippen MR) is 97.8 cm³/mol. The molecule has 130 valence electrons. The molecule has 1 aromatic heterocycles. The van der Waals surface area contributed by atoms with Crippen LogP contribution in [-0.2, 0) is 24.3 Å². The predicted octanol–water partition coefficient (Wildman–Crippen LogP) is 2.88. The van der Waals surface area contributed by atoms with Gasteiger partial charge in [0.15, 0.2) is 0 Å². The molecule has 4 nitrogen and oxygen atoms in total. The number of nitrogens with zero attached hydrogens (tertiary/aromatic N) is 3. The minimum atomic E-state index is 0.140. The molecular weight excluding hydrogens is 310 g/mol. The van der Waals surface area contributed by atoms with Gasteiger partial charge in [-0.05, 0) is 54.6 Å². The number of carbonyl (C=O) groups excluding carboxylic acids is 1. The summed E-state index contributed by atoms with van der Waals surface area (Å²) in [7, 11) is 0. The van der Waals surface area contributed by atoms with Gasteiger partial charge in [-0.25, -0.2) is 0 Å². The molecule has 0 N–H and O–H groups in total. The maximum absolute atomic E-state index is 13.1. The molecule has 3 heterocycles. The lowest BCUT2D eigenvalue weighted by atomic mass is 9.93. The SMILES string of the molecule is O=C([C@@H]1CCCN(Cc2ccncc2)C1)N1CCc2ccccc2C1. The number of hydrogen-bond donors (Lipinski definition) is 0. The lowest BCUT2D eigenvalue weighted by molar-refractivity contribution is -0.138. The largest absolute Gasteiger partial charge is 0.338 e. The van der Waals surface area contributed by atoms with E-state index in [1.165, 1.54) is 16.7 Å². The van der Waals surface area contributed by atoms with Gasteiger partial charge in [-0.1, -0.05) is 24.3 Å². The normalized spacial score (nSPS) is 21.0. The Morgan fingerprint density at radius 3 is 2.72 bits per heavy atom. The molecule has 0 radical (unpaired) electrons. The van der Waals surface area contributed by atoms with Crippen molar-refractivity contribution in [2.24, 2.45) is 5.92 Å². The standard InChI is InChI=1S/C21H25N3O/c25-21(24-13-9-18-4-1-2-5-19(18)16-24)20-6-3-12-23(15-20)14-17-7-10-22-11-8-17/h1-2,4-5,7-8,10-11,20H,3,6,9,12-16H2/t20-/m1/s1. The van der Waals surface area contributed by atoms with E-state index < -0.39 is 0 Å². The second-order valence-electron chi connectivity index (χ2n) is 7.21. The van der Waals surface area contributed by atoms with E-state index in [1.54, 1.807) is 0 Å². The van der Waals surface area contributed by atoms with Crippen LogP contribution < -0.4 is 0 Å². The molecule has 1 saturated heterocycles. The lowest BCUT2D eigenvalue weighted by Crippen LogP contribution is -2.46. The number of fused-ring (bicyclic) bond motifs is 1. The molecule has 0 bridgehead atoms. The Bertz CT molecular complexity index is 731. The summed E-state index contributed by atoms with van der Waals surface area (Å²) in [6.45, 7) is 4.50.